The van der Waals surface area contributed by atoms with Crippen LogP contribution in [0, 0.1) is 0 Å². The van der Waals surface area contributed by atoms with Gasteiger partial charge in [-0.25, -0.2) is 0 Å². The minimum absolute atomic E-state index is 0.920. The summed E-state index contributed by atoms with van der Waals surface area (Å²) in [6, 6.07) is 10.9. The Bertz CT molecular complexity index is 628. The summed E-state index contributed by atoms with van der Waals surface area (Å²) in [6.07, 6.45) is 7.65. The molecule has 23 heavy (non-hydrogen) atoms. The van der Waals surface area contributed by atoms with Crippen LogP contribution in [0.25, 0.3) is 11.3 Å². The zero-order valence-corrected chi connectivity index (χ0v) is 14.4. The van der Waals surface area contributed by atoms with Gasteiger partial charge in [-0.15, -0.1) is 0 Å². The highest BCUT2D eigenvalue weighted by atomic mass is 16.5. The molecular formula is C20H28N2O. The quantitative estimate of drug-likeness (QED) is 0.643. The van der Waals surface area contributed by atoms with E-state index in [9.17, 15) is 0 Å². The third-order valence-corrected chi connectivity index (χ3v) is 4.85. The number of nitrogens with one attached hydrogen (secondary N) is 1. The van der Waals surface area contributed by atoms with E-state index < -0.39 is 0 Å². The number of methoxy groups -OCH3 is 1. The number of ether oxygens (including phenoxy) is 1. The average molecular weight is 312 g/mol. The van der Waals surface area contributed by atoms with Crippen molar-refractivity contribution >= 4 is 0 Å². The van der Waals surface area contributed by atoms with Gasteiger partial charge in [-0.05, 0) is 87.2 Å². The van der Waals surface area contributed by atoms with Crippen molar-refractivity contribution in [3.8, 4) is 17.0 Å². The SMILES string of the molecule is CNCCCn1c(-c2ccc(OC)cc2)cc2c1CCCCC2. The number of hydrogen-bond donors (Lipinski definition) is 1. The summed E-state index contributed by atoms with van der Waals surface area (Å²) in [5.41, 5.74) is 5.81. The second-order valence-corrected chi connectivity index (χ2v) is 6.40. The molecule has 1 aliphatic carbocycles. The number of fused-ring (bicyclic) bond motifs is 1. The Labute approximate surface area is 139 Å². The van der Waals surface area contributed by atoms with Gasteiger partial charge in [0.05, 0.1) is 7.11 Å². The summed E-state index contributed by atoms with van der Waals surface area (Å²) >= 11 is 0. The van der Waals surface area contributed by atoms with Crippen LogP contribution in [0.1, 0.15) is 36.9 Å². The lowest BCUT2D eigenvalue weighted by atomic mass is 10.1. The van der Waals surface area contributed by atoms with Crippen molar-refractivity contribution in [1.29, 1.82) is 0 Å². The zero-order chi connectivity index (χ0) is 16.1. The predicted molar refractivity (Wildman–Crippen MR) is 96.2 cm³/mol. The molecule has 1 aliphatic rings. The van der Waals surface area contributed by atoms with E-state index in [4.69, 9.17) is 4.74 Å². The van der Waals surface area contributed by atoms with Gasteiger partial charge in [0.2, 0.25) is 0 Å². The second kappa shape index (κ2) is 7.69. The van der Waals surface area contributed by atoms with E-state index >= 15 is 0 Å². The first-order valence-corrected chi connectivity index (χ1v) is 8.84. The van der Waals surface area contributed by atoms with Crippen molar-refractivity contribution in [2.75, 3.05) is 20.7 Å². The van der Waals surface area contributed by atoms with Crippen molar-refractivity contribution in [2.24, 2.45) is 0 Å². The van der Waals surface area contributed by atoms with Crippen LogP contribution >= 0.6 is 0 Å². The lowest BCUT2D eigenvalue weighted by Gasteiger charge is -2.14. The summed E-state index contributed by atoms with van der Waals surface area (Å²) in [5, 5.41) is 3.27. The van der Waals surface area contributed by atoms with E-state index in [0.717, 1.165) is 18.8 Å². The molecule has 124 valence electrons. The Balaban J connectivity index is 1.96. The van der Waals surface area contributed by atoms with Crippen molar-refractivity contribution in [2.45, 2.75) is 45.1 Å². The lowest BCUT2D eigenvalue weighted by Crippen LogP contribution is -2.13. The van der Waals surface area contributed by atoms with Crippen LogP contribution in [-0.4, -0.2) is 25.3 Å². The van der Waals surface area contributed by atoms with Gasteiger partial charge in [-0.3, -0.25) is 0 Å². The maximum atomic E-state index is 5.30. The van der Waals surface area contributed by atoms with Crippen LogP contribution < -0.4 is 10.1 Å². The summed E-state index contributed by atoms with van der Waals surface area (Å²) in [5.74, 6) is 0.920. The predicted octanol–water partition coefficient (Wildman–Crippen LogP) is 4.04. The second-order valence-electron chi connectivity index (χ2n) is 6.40. The number of benzene rings is 1. The molecule has 0 fully saturated rings. The Kier molecular flexibility index (Phi) is 5.39. The first-order chi connectivity index (χ1) is 11.3. The number of rotatable bonds is 6. The molecule has 0 saturated carbocycles. The Hall–Kier alpha value is -1.74. The lowest BCUT2D eigenvalue weighted by molar-refractivity contribution is 0.415. The number of nitrogens with zero attached hydrogens (tertiary/aromatic N) is 1. The zero-order valence-electron chi connectivity index (χ0n) is 14.4. The molecular weight excluding hydrogens is 284 g/mol. The van der Waals surface area contributed by atoms with Gasteiger partial charge in [-0.1, -0.05) is 6.42 Å². The highest BCUT2D eigenvalue weighted by Gasteiger charge is 2.17. The molecule has 1 aromatic carbocycles. The molecule has 3 heteroatoms. The average Bonchev–Trinajstić information content (AvgIpc) is 2.77. The largest absolute Gasteiger partial charge is 0.497 e. The molecule has 0 bridgehead atoms. The van der Waals surface area contributed by atoms with E-state index in [1.165, 1.54) is 49.8 Å². The molecule has 0 saturated heterocycles. The molecule has 3 rings (SSSR count). The van der Waals surface area contributed by atoms with Crippen LogP contribution in [0.4, 0.5) is 0 Å². The van der Waals surface area contributed by atoms with Gasteiger partial charge in [0, 0.05) is 17.9 Å². The van der Waals surface area contributed by atoms with E-state index in [0.29, 0.717) is 0 Å². The maximum absolute atomic E-state index is 5.30. The third kappa shape index (κ3) is 3.61. The van der Waals surface area contributed by atoms with Gasteiger partial charge >= 0.3 is 0 Å². The van der Waals surface area contributed by atoms with Crippen LogP contribution in [0.5, 0.6) is 5.75 Å². The molecule has 2 aromatic rings. The Morgan fingerprint density at radius 3 is 2.61 bits per heavy atom. The number of aromatic nitrogens is 1. The van der Waals surface area contributed by atoms with Gasteiger partial charge in [0.25, 0.3) is 0 Å². The molecule has 0 atom stereocenters. The molecule has 1 heterocycles. The summed E-state index contributed by atoms with van der Waals surface area (Å²) in [4.78, 5) is 0. The fourth-order valence-corrected chi connectivity index (χ4v) is 3.61. The topological polar surface area (TPSA) is 26.2 Å². The van der Waals surface area contributed by atoms with Crippen LogP contribution in [0.2, 0.25) is 0 Å². The molecule has 0 aliphatic heterocycles. The van der Waals surface area contributed by atoms with Crippen molar-refractivity contribution in [1.82, 2.24) is 9.88 Å². The monoisotopic (exact) mass is 312 g/mol. The van der Waals surface area contributed by atoms with Crippen molar-refractivity contribution < 1.29 is 4.74 Å². The van der Waals surface area contributed by atoms with Gasteiger partial charge < -0.3 is 14.6 Å². The van der Waals surface area contributed by atoms with Crippen LogP contribution in [0.15, 0.2) is 30.3 Å². The smallest absolute Gasteiger partial charge is 0.118 e. The third-order valence-electron chi connectivity index (χ3n) is 4.85. The van der Waals surface area contributed by atoms with E-state index in [-0.39, 0.29) is 0 Å². The minimum Gasteiger partial charge on any atom is -0.497 e. The molecule has 1 N–H and O–H groups in total. The minimum atomic E-state index is 0.920. The first kappa shape index (κ1) is 16.1. The van der Waals surface area contributed by atoms with Crippen LogP contribution in [-0.2, 0) is 19.4 Å². The molecule has 0 amide bonds. The molecule has 1 aromatic heterocycles. The summed E-state index contributed by atoms with van der Waals surface area (Å²) in [6.45, 7) is 2.16. The van der Waals surface area contributed by atoms with Crippen LogP contribution in [0.3, 0.4) is 0 Å². The van der Waals surface area contributed by atoms with Gasteiger partial charge in [-0.2, -0.15) is 0 Å². The summed E-state index contributed by atoms with van der Waals surface area (Å²) in [7, 11) is 3.75. The maximum Gasteiger partial charge on any atom is 0.118 e. The van der Waals surface area contributed by atoms with E-state index in [2.05, 4.69) is 40.2 Å². The van der Waals surface area contributed by atoms with Gasteiger partial charge in [0.15, 0.2) is 0 Å². The number of aryl methyl sites for hydroxylation is 1. The number of hydrogen-bond acceptors (Lipinski definition) is 2. The fraction of sp³-hybridized carbons (Fsp3) is 0.500. The Morgan fingerprint density at radius 1 is 1.09 bits per heavy atom. The molecule has 0 unspecified atom stereocenters. The first-order valence-electron chi connectivity index (χ1n) is 8.84. The fourth-order valence-electron chi connectivity index (χ4n) is 3.61. The van der Waals surface area contributed by atoms with Crippen molar-refractivity contribution in [3.05, 3.63) is 41.6 Å². The summed E-state index contributed by atoms with van der Waals surface area (Å²) < 4.78 is 7.87. The normalized spacial score (nSPS) is 14.3. The molecule has 0 spiro atoms. The van der Waals surface area contributed by atoms with Crippen molar-refractivity contribution in [3.63, 3.8) is 0 Å². The Morgan fingerprint density at radius 2 is 1.87 bits per heavy atom. The highest BCUT2D eigenvalue weighted by Crippen LogP contribution is 2.31. The van der Waals surface area contributed by atoms with E-state index in [1.54, 1.807) is 18.4 Å². The molecule has 3 nitrogen and oxygen atoms in total. The highest BCUT2D eigenvalue weighted by molar-refractivity contribution is 5.63. The van der Waals surface area contributed by atoms with E-state index in [1.807, 2.05) is 7.05 Å². The molecule has 0 radical (unpaired) electrons. The standard InChI is InChI=1S/C20H28N2O/c1-21-13-6-14-22-19-8-5-3-4-7-17(19)15-20(22)16-9-11-18(23-2)12-10-16/h9-12,15,21H,3-8,13-14H2,1-2H3. The van der Waals surface area contributed by atoms with Gasteiger partial charge in [0.1, 0.15) is 5.75 Å².